The van der Waals surface area contributed by atoms with Crippen LogP contribution in [0.4, 0.5) is 5.82 Å². The molecule has 2 saturated carbocycles. The van der Waals surface area contributed by atoms with Crippen LogP contribution in [0.1, 0.15) is 37.1 Å². The van der Waals surface area contributed by atoms with E-state index in [4.69, 9.17) is 11.6 Å². The molecule has 0 aliphatic heterocycles. The number of hydrogen-bond donors (Lipinski definition) is 0. The molecular formula is C14H20ClN3. The van der Waals surface area contributed by atoms with E-state index in [0.29, 0.717) is 5.15 Å². The molecule has 4 heteroatoms. The van der Waals surface area contributed by atoms with Crippen LogP contribution in [-0.4, -0.2) is 23.1 Å². The Kier molecular flexibility index (Phi) is 3.18. The molecular weight excluding hydrogens is 246 g/mol. The van der Waals surface area contributed by atoms with Crippen molar-refractivity contribution < 1.29 is 0 Å². The molecule has 1 aromatic rings. The van der Waals surface area contributed by atoms with Gasteiger partial charge in [0.05, 0.1) is 11.4 Å². The fraction of sp³-hybridized carbons (Fsp3) is 0.714. The zero-order valence-corrected chi connectivity index (χ0v) is 11.9. The highest BCUT2D eigenvalue weighted by Crippen LogP contribution is 2.36. The quantitative estimate of drug-likeness (QED) is 0.817. The van der Waals surface area contributed by atoms with Crippen LogP contribution in [0.15, 0.2) is 0 Å². The van der Waals surface area contributed by atoms with Crippen molar-refractivity contribution in [1.82, 2.24) is 9.97 Å². The van der Waals surface area contributed by atoms with Gasteiger partial charge in [-0.3, -0.25) is 0 Å². The standard InChI is InChI=1S/C14H20ClN3/c1-9-10(2)17-14(13(15)16-9)18(7-11-3-4-11)8-12-5-6-12/h11-12H,3-8H2,1-2H3. The number of aryl methyl sites for hydroxylation is 2. The van der Waals surface area contributed by atoms with Crippen LogP contribution in [0, 0.1) is 25.7 Å². The predicted molar refractivity (Wildman–Crippen MR) is 74.2 cm³/mol. The van der Waals surface area contributed by atoms with E-state index in [1.54, 1.807) is 0 Å². The number of rotatable bonds is 5. The van der Waals surface area contributed by atoms with Crippen LogP contribution in [-0.2, 0) is 0 Å². The number of anilines is 1. The van der Waals surface area contributed by atoms with Crippen molar-refractivity contribution in [2.75, 3.05) is 18.0 Å². The molecule has 0 unspecified atom stereocenters. The van der Waals surface area contributed by atoms with E-state index in [0.717, 1.165) is 42.1 Å². The van der Waals surface area contributed by atoms with Gasteiger partial charge in [-0.25, -0.2) is 9.97 Å². The molecule has 1 aromatic heterocycles. The minimum Gasteiger partial charge on any atom is -0.354 e. The highest BCUT2D eigenvalue weighted by atomic mass is 35.5. The molecule has 98 valence electrons. The lowest BCUT2D eigenvalue weighted by molar-refractivity contribution is 0.668. The van der Waals surface area contributed by atoms with Crippen LogP contribution in [0.2, 0.25) is 5.15 Å². The molecule has 0 bridgehead atoms. The summed E-state index contributed by atoms with van der Waals surface area (Å²) in [4.78, 5) is 11.4. The molecule has 18 heavy (non-hydrogen) atoms. The fourth-order valence-electron chi connectivity index (χ4n) is 2.24. The summed E-state index contributed by atoms with van der Waals surface area (Å²) in [7, 11) is 0. The van der Waals surface area contributed by atoms with Gasteiger partial charge in [0.1, 0.15) is 0 Å². The molecule has 3 nitrogen and oxygen atoms in total. The van der Waals surface area contributed by atoms with Gasteiger partial charge < -0.3 is 4.90 Å². The van der Waals surface area contributed by atoms with Gasteiger partial charge in [-0.05, 0) is 51.4 Å². The van der Waals surface area contributed by atoms with Gasteiger partial charge in [-0.2, -0.15) is 0 Å². The first-order valence-electron chi connectivity index (χ1n) is 6.89. The van der Waals surface area contributed by atoms with Gasteiger partial charge in [0.15, 0.2) is 11.0 Å². The normalized spacial score (nSPS) is 19.1. The lowest BCUT2D eigenvalue weighted by atomic mass is 10.3. The van der Waals surface area contributed by atoms with Crippen LogP contribution >= 0.6 is 11.6 Å². The minimum absolute atomic E-state index is 0.569. The van der Waals surface area contributed by atoms with Gasteiger partial charge in [0, 0.05) is 13.1 Å². The molecule has 0 saturated heterocycles. The van der Waals surface area contributed by atoms with Crippen molar-refractivity contribution in [3.05, 3.63) is 16.5 Å². The van der Waals surface area contributed by atoms with E-state index in [1.807, 2.05) is 13.8 Å². The summed E-state index contributed by atoms with van der Waals surface area (Å²) >= 11 is 6.29. The first-order valence-corrected chi connectivity index (χ1v) is 7.27. The maximum Gasteiger partial charge on any atom is 0.171 e. The molecule has 1 heterocycles. The van der Waals surface area contributed by atoms with Crippen molar-refractivity contribution in [3.8, 4) is 0 Å². The van der Waals surface area contributed by atoms with Crippen LogP contribution in [0.5, 0.6) is 0 Å². The molecule has 2 aliphatic rings. The van der Waals surface area contributed by atoms with E-state index in [-0.39, 0.29) is 0 Å². The second kappa shape index (κ2) is 4.69. The Bertz CT molecular complexity index is 439. The van der Waals surface area contributed by atoms with Crippen molar-refractivity contribution in [3.63, 3.8) is 0 Å². The van der Waals surface area contributed by atoms with Gasteiger partial charge in [-0.15, -0.1) is 0 Å². The number of nitrogens with zero attached hydrogens (tertiary/aromatic N) is 3. The Hall–Kier alpha value is -0.830. The van der Waals surface area contributed by atoms with Crippen LogP contribution in [0.3, 0.4) is 0 Å². The highest BCUT2D eigenvalue weighted by molar-refractivity contribution is 6.31. The van der Waals surface area contributed by atoms with E-state index < -0.39 is 0 Å². The third-order valence-electron chi connectivity index (χ3n) is 3.90. The lowest BCUT2D eigenvalue weighted by Gasteiger charge is -2.24. The summed E-state index contributed by atoms with van der Waals surface area (Å²) < 4.78 is 0. The van der Waals surface area contributed by atoms with E-state index in [1.165, 1.54) is 25.7 Å². The number of halogens is 1. The molecule has 0 radical (unpaired) electrons. The third-order valence-corrected chi connectivity index (χ3v) is 4.15. The van der Waals surface area contributed by atoms with Gasteiger partial charge in [0.25, 0.3) is 0 Å². The number of hydrogen-bond acceptors (Lipinski definition) is 3. The topological polar surface area (TPSA) is 29.0 Å². The predicted octanol–water partition coefficient (Wildman–Crippen LogP) is 3.37. The maximum absolute atomic E-state index is 6.29. The van der Waals surface area contributed by atoms with Gasteiger partial charge in [-0.1, -0.05) is 11.6 Å². The van der Waals surface area contributed by atoms with Gasteiger partial charge >= 0.3 is 0 Å². The SMILES string of the molecule is Cc1nc(Cl)c(N(CC2CC2)CC2CC2)nc1C. The van der Waals surface area contributed by atoms with Crippen molar-refractivity contribution in [2.45, 2.75) is 39.5 Å². The molecule has 0 atom stereocenters. The average molecular weight is 266 g/mol. The number of aromatic nitrogens is 2. The van der Waals surface area contributed by atoms with Gasteiger partial charge in [0.2, 0.25) is 0 Å². The molecule has 2 fully saturated rings. The monoisotopic (exact) mass is 265 g/mol. The van der Waals surface area contributed by atoms with E-state index in [2.05, 4.69) is 14.9 Å². The Morgan fingerprint density at radius 3 is 2.00 bits per heavy atom. The van der Waals surface area contributed by atoms with Crippen molar-refractivity contribution in [1.29, 1.82) is 0 Å². The Balaban J connectivity index is 1.84. The second-order valence-corrected chi connectivity index (χ2v) is 6.16. The van der Waals surface area contributed by atoms with Crippen molar-refractivity contribution >= 4 is 17.4 Å². The highest BCUT2D eigenvalue weighted by Gasteiger charge is 2.31. The zero-order valence-electron chi connectivity index (χ0n) is 11.1. The largest absolute Gasteiger partial charge is 0.354 e. The van der Waals surface area contributed by atoms with Crippen LogP contribution < -0.4 is 4.90 Å². The lowest BCUT2D eigenvalue weighted by Crippen LogP contribution is -2.29. The first kappa shape index (κ1) is 12.2. The summed E-state index contributed by atoms with van der Waals surface area (Å²) in [5.74, 6) is 2.60. The molecule has 0 amide bonds. The summed E-state index contributed by atoms with van der Waals surface area (Å²) in [5.41, 5.74) is 1.92. The molecule has 2 aliphatic carbocycles. The molecule has 3 rings (SSSR count). The Morgan fingerprint density at radius 1 is 1.00 bits per heavy atom. The third kappa shape index (κ3) is 2.77. The maximum atomic E-state index is 6.29. The fourth-order valence-corrected chi connectivity index (χ4v) is 2.53. The van der Waals surface area contributed by atoms with E-state index in [9.17, 15) is 0 Å². The average Bonchev–Trinajstić information content (AvgIpc) is 3.17. The molecule has 0 N–H and O–H groups in total. The van der Waals surface area contributed by atoms with E-state index >= 15 is 0 Å². The molecule has 0 spiro atoms. The van der Waals surface area contributed by atoms with Crippen LogP contribution in [0.25, 0.3) is 0 Å². The summed E-state index contributed by atoms with van der Waals surface area (Å²) in [5, 5.41) is 0.569. The summed E-state index contributed by atoms with van der Waals surface area (Å²) in [6, 6.07) is 0. The minimum atomic E-state index is 0.569. The Morgan fingerprint density at radius 2 is 1.50 bits per heavy atom. The summed E-state index contributed by atoms with van der Waals surface area (Å²) in [6.07, 6.45) is 5.43. The smallest absolute Gasteiger partial charge is 0.171 e. The Labute approximate surface area is 114 Å². The molecule has 0 aromatic carbocycles. The zero-order chi connectivity index (χ0) is 12.7. The summed E-state index contributed by atoms with van der Waals surface area (Å²) in [6.45, 7) is 6.18. The van der Waals surface area contributed by atoms with Crippen molar-refractivity contribution in [2.24, 2.45) is 11.8 Å². The second-order valence-electron chi connectivity index (χ2n) is 5.80. The first-order chi connectivity index (χ1) is 8.63.